The van der Waals surface area contributed by atoms with Crippen LogP contribution in [0.25, 0.3) is 39.5 Å². The average Bonchev–Trinajstić information content (AvgIpc) is 3.63. The highest BCUT2D eigenvalue weighted by Gasteiger charge is 2.38. The van der Waals surface area contributed by atoms with Crippen molar-refractivity contribution >= 4 is 69.1 Å². The van der Waals surface area contributed by atoms with Crippen LogP contribution in [0.3, 0.4) is 0 Å². The summed E-state index contributed by atoms with van der Waals surface area (Å²) in [6.45, 7) is 1.47. The topological polar surface area (TPSA) is 151 Å². The number of phenolic OH excluding ortho intramolecular Hbond substituents is 1. The number of thiocarbonyl (C=S) groups is 1. The van der Waals surface area contributed by atoms with Crippen LogP contribution in [0.4, 0.5) is 32.0 Å². The number of methoxy groups -OCH3 is 1. The largest absolute Gasteiger partial charge is 0.508 e. The third kappa shape index (κ3) is 10.5. The molecule has 4 aromatic rings. The Morgan fingerprint density at radius 1 is 0.892 bits per heavy atom. The van der Waals surface area contributed by atoms with E-state index in [1.54, 1.807) is 30.3 Å². The van der Waals surface area contributed by atoms with Crippen LogP contribution in [-0.2, 0) is 33.3 Å². The molecule has 0 unspecified atom stereocenters. The highest BCUT2D eigenvalue weighted by molar-refractivity contribution is 8.18. The molecule has 1 saturated heterocycles. The lowest BCUT2D eigenvalue weighted by molar-refractivity contribution is -0.191. The maximum absolute atomic E-state index is 13.6. The molecule has 65 heavy (non-hydrogen) atoms. The van der Waals surface area contributed by atoms with Crippen molar-refractivity contribution in [2.45, 2.75) is 19.0 Å². The number of thioether (sulfide) groups is 1. The summed E-state index contributed by atoms with van der Waals surface area (Å²) in [6, 6.07) is 23.0. The van der Waals surface area contributed by atoms with Crippen LogP contribution >= 0.6 is 24.0 Å². The highest BCUT2D eigenvalue weighted by Crippen LogP contribution is 2.42. The first kappa shape index (κ1) is 45.9. The van der Waals surface area contributed by atoms with Crippen LogP contribution in [0.15, 0.2) is 116 Å². The number of phenols is 1. The van der Waals surface area contributed by atoms with Gasteiger partial charge in [-0.05, 0) is 102 Å². The van der Waals surface area contributed by atoms with Crippen LogP contribution in [0.5, 0.6) is 17.2 Å². The number of benzene rings is 5. The number of aromatic hydroxyl groups is 1. The fraction of sp³-hybridized carbons (Fsp3) is 0.178. The average molecular weight is 935 g/mol. The molecular formula is C45H32F6N4O8S2. The number of anilines is 1. The van der Waals surface area contributed by atoms with Crippen LogP contribution in [-0.4, -0.2) is 70.5 Å². The quantitative estimate of drug-likeness (QED) is 0.0678. The molecule has 4 aromatic carbocycles. The number of hydrogen-bond acceptors (Lipinski definition) is 11. The van der Waals surface area contributed by atoms with Gasteiger partial charge in [-0.1, -0.05) is 24.3 Å². The third-order valence-corrected chi connectivity index (χ3v) is 11.6. The van der Waals surface area contributed by atoms with Gasteiger partial charge in [0.1, 0.15) is 23.7 Å². The number of carbonyl (C=O) groups excluding carboxylic acids is 3. The Hall–Kier alpha value is -7.15. The molecule has 0 saturated carbocycles. The van der Waals surface area contributed by atoms with E-state index < -0.39 is 41.6 Å². The monoisotopic (exact) mass is 934 g/mol. The van der Waals surface area contributed by atoms with Gasteiger partial charge in [0.2, 0.25) is 0 Å². The van der Waals surface area contributed by atoms with Gasteiger partial charge in [-0.3, -0.25) is 9.59 Å². The maximum atomic E-state index is 13.6. The number of ether oxygens (including phenoxy) is 2. The lowest BCUT2D eigenvalue weighted by Crippen LogP contribution is -2.50. The molecule has 0 atom stereocenters. The second-order valence-electron chi connectivity index (χ2n) is 14.3. The minimum atomic E-state index is -5.05. The van der Waals surface area contributed by atoms with Crippen LogP contribution in [0, 0.1) is 0 Å². The first-order valence-corrected chi connectivity index (χ1v) is 20.4. The lowest BCUT2D eigenvalue weighted by atomic mass is 9.93. The molecule has 0 aromatic heterocycles. The fourth-order valence-corrected chi connectivity index (χ4v) is 8.33. The number of amidine groups is 1. The Bertz CT molecular complexity index is 2920. The van der Waals surface area contributed by atoms with Gasteiger partial charge in [-0.25, -0.2) is 0 Å². The van der Waals surface area contributed by atoms with Gasteiger partial charge in [0.25, 0.3) is 5.91 Å². The van der Waals surface area contributed by atoms with Gasteiger partial charge in [0.05, 0.1) is 23.1 Å². The van der Waals surface area contributed by atoms with E-state index in [-0.39, 0.29) is 34.9 Å². The molecule has 4 aliphatic rings. The van der Waals surface area contributed by atoms with Crippen LogP contribution < -0.4 is 20.2 Å². The summed E-state index contributed by atoms with van der Waals surface area (Å²) in [5.41, 5.74) is 0.621. The van der Waals surface area contributed by atoms with Crippen molar-refractivity contribution < 1.29 is 59.7 Å². The third-order valence-electron chi connectivity index (χ3n) is 10.2. The molecule has 1 fully saturated rings. The van der Waals surface area contributed by atoms with E-state index in [2.05, 4.69) is 10.3 Å². The lowest BCUT2D eigenvalue weighted by Gasteiger charge is -2.36. The van der Waals surface area contributed by atoms with E-state index in [9.17, 15) is 41.0 Å². The summed E-state index contributed by atoms with van der Waals surface area (Å²) >= 11 is 6.95. The van der Waals surface area contributed by atoms with Crippen molar-refractivity contribution in [1.29, 1.82) is 0 Å². The summed E-state index contributed by atoms with van der Waals surface area (Å²) in [7, 11) is 1.32. The van der Waals surface area contributed by atoms with E-state index in [4.69, 9.17) is 35.7 Å². The zero-order valence-electron chi connectivity index (χ0n) is 33.6. The second-order valence-corrected chi connectivity index (χ2v) is 15.7. The maximum Gasteiger partial charge on any atom is 0.416 e. The molecular weight excluding hydrogens is 903 g/mol. The number of rotatable bonds is 7. The zero-order valence-corrected chi connectivity index (χ0v) is 35.2. The normalized spacial score (nSPS) is 14.8. The number of piperazine rings is 1. The summed E-state index contributed by atoms with van der Waals surface area (Å²) in [5, 5.41) is 15.2. The Labute approximate surface area is 374 Å². The van der Waals surface area contributed by atoms with Crippen LogP contribution in [0.2, 0.25) is 0 Å². The Balaban J connectivity index is 0.00000204. The predicted octanol–water partition coefficient (Wildman–Crippen LogP) is 9.30. The molecule has 2 N–H and O–H groups in total. The fourth-order valence-electron chi connectivity index (χ4n) is 7.07. The molecule has 0 spiro atoms. The molecule has 0 radical (unpaired) electrons. The van der Waals surface area contributed by atoms with E-state index in [0.717, 1.165) is 33.8 Å². The van der Waals surface area contributed by atoms with Crippen molar-refractivity contribution in [3.8, 4) is 39.7 Å². The second kappa shape index (κ2) is 18.9. The number of nitrogens with one attached hydrogen (secondary N) is 1. The number of fused-ring (bicyclic) bond motifs is 2. The summed E-state index contributed by atoms with van der Waals surface area (Å²) in [6.07, 6.45) is -8.15. The predicted molar refractivity (Wildman–Crippen MR) is 232 cm³/mol. The molecule has 1 aliphatic carbocycles. The van der Waals surface area contributed by atoms with Gasteiger partial charge in [0.15, 0.2) is 27.2 Å². The number of aliphatic imine (C=N–C) groups is 1. The molecule has 1 amide bonds. The SMILES string of the molecule is COc1cc(C=C2SC(N3CCN(C(=S)Nc4ccc(-c5c6ccc(=O)cc-6oc6cc(O)ccc56)cc4)CC3)=NC2=O)ccc1OCc1ccc(C(F)(F)F)cc1C(F)(F)F.O=C=O. The Morgan fingerprint density at radius 3 is 2.29 bits per heavy atom. The zero-order chi connectivity index (χ0) is 46.6. The summed E-state index contributed by atoms with van der Waals surface area (Å²) < 4.78 is 97.2. The Morgan fingerprint density at radius 2 is 1.62 bits per heavy atom. The highest BCUT2D eigenvalue weighted by atomic mass is 32.2. The van der Waals surface area contributed by atoms with E-state index >= 15 is 0 Å². The van der Waals surface area contributed by atoms with Crippen molar-refractivity contribution in [2.24, 2.45) is 4.99 Å². The minimum absolute atomic E-state index is 0.0414. The van der Waals surface area contributed by atoms with E-state index in [0.29, 0.717) is 64.3 Å². The van der Waals surface area contributed by atoms with Gasteiger partial charge in [-0.2, -0.15) is 40.9 Å². The van der Waals surface area contributed by atoms with Crippen molar-refractivity contribution in [1.82, 2.24) is 9.80 Å². The molecule has 3 aliphatic heterocycles. The molecule has 0 bridgehead atoms. The van der Waals surface area contributed by atoms with Gasteiger partial charge in [0, 0.05) is 66.1 Å². The van der Waals surface area contributed by atoms with Crippen molar-refractivity contribution in [2.75, 3.05) is 38.6 Å². The van der Waals surface area contributed by atoms with Crippen molar-refractivity contribution in [3.63, 3.8) is 0 Å². The Kier molecular flexibility index (Phi) is 13.3. The van der Waals surface area contributed by atoms with E-state index in [1.165, 1.54) is 49.2 Å². The molecule has 3 heterocycles. The first-order chi connectivity index (χ1) is 30.9. The standard InChI is InChI=1S/C44H32F6N4O6S2.CO2/c1-58-37-18-24(2-13-34(37)59-23-26-3-6-27(43(45,46)47)20-33(26)44(48,49)50)19-38-40(57)52-42(62-38)54-16-14-53(15-17-54)41(61)51-28-7-4-25(5-8-28)39-31-11-9-29(55)21-35(31)60-36-22-30(56)10-12-32(36)39;2-1-3/h2-13,18-22,55H,14-17,23H2,1H3,(H,51,61);. The molecule has 20 heteroatoms. The number of halogens is 6. The summed E-state index contributed by atoms with van der Waals surface area (Å²) in [5.74, 6) is 0.169. The number of nitrogens with zero attached hydrogens (tertiary/aromatic N) is 3. The molecule has 12 nitrogen and oxygen atoms in total. The number of carbonyl (C=O) groups is 1. The van der Waals surface area contributed by atoms with E-state index in [1.807, 2.05) is 34.1 Å². The minimum Gasteiger partial charge on any atom is -0.508 e. The molecule has 334 valence electrons. The first-order valence-electron chi connectivity index (χ1n) is 19.2. The van der Waals surface area contributed by atoms with Gasteiger partial charge in [-0.15, -0.1) is 0 Å². The van der Waals surface area contributed by atoms with Gasteiger partial charge < -0.3 is 34.1 Å². The summed E-state index contributed by atoms with van der Waals surface area (Å²) in [4.78, 5) is 49.9. The number of hydrogen-bond donors (Lipinski definition) is 2. The van der Waals surface area contributed by atoms with Crippen LogP contribution in [0.1, 0.15) is 22.3 Å². The van der Waals surface area contributed by atoms with Crippen molar-refractivity contribution in [3.05, 3.63) is 134 Å². The number of alkyl halides is 6. The smallest absolute Gasteiger partial charge is 0.416 e. The molecule has 8 rings (SSSR count). The van der Waals surface area contributed by atoms with Gasteiger partial charge >= 0.3 is 18.5 Å². The number of amides is 1.